The van der Waals surface area contributed by atoms with E-state index in [1.165, 1.54) is 17.6 Å². The van der Waals surface area contributed by atoms with E-state index in [0.717, 1.165) is 0 Å². The van der Waals surface area contributed by atoms with Crippen molar-refractivity contribution in [3.8, 4) is 0 Å². The Kier molecular flexibility index (Phi) is 13.1. The van der Waals surface area contributed by atoms with Crippen molar-refractivity contribution in [3.05, 3.63) is 144 Å². The standard InChI is InChI=1S/2C14H13Ge.2CH4/c2*1-2-15(13-9-5-3-6-10-13)14-11-7-4-8-12-14;;/h2*2-12H,1H2;2*1H4. The molecule has 4 aromatic carbocycles. The average Bonchev–Trinajstić information content (AvgIpc) is 2.83. The van der Waals surface area contributed by atoms with Crippen LogP contribution in [0.1, 0.15) is 14.9 Å². The van der Waals surface area contributed by atoms with Gasteiger partial charge in [0.25, 0.3) is 0 Å². The van der Waals surface area contributed by atoms with Crippen LogP contribution in [0.25, 0.3) is 0 Å². The van der Waals surface area contributed by atoms with E-state index in [9.17, 15) is 0 Å². The number of hydrogen-bond donors (Lipinski definition) is 0. The van der Waals surface area contributed by atoms with Crippen LogP contribution in [0.3, 0.4) is 0 Å². The van der Waals surface area contributed by atoms with Crippen LogP contribution >= 0.6 is 0 Å². The van der Waals surface area contributed by atoms with Crippen LogP contribution in [0.5, 0.6) is 0 Å². The molecular weight excluding hydrogens is 506 g/mol. The Morgan fingerprint density at radius 1 is 0.375 bits per heavy atom. The molecule has 0 amide bonds. The van der Waals surface area contributed by atoms with Gasteiger partial charge in [-0.15, -0.1) is 0 Å². The van der Waals surface area contributed by atoms with E-state index in [4.69, 9.17) is 0 Å². The SMILES string of the molecule is C.C.C=[CH][Ge]([c]1ccccc1)[c]1ccccc1.C=[CH][Ge]([c]1ccccc1)[c]1ccccc1. The molecule has 2 radical (unpaired) electrons. The summed E-state index contributed by atoms with van der Waals surface area (Å²) in [7, 11) is 0. The van der Waals surface area contributed by atoms with Crippen LogP contribution in [0.15, 0.2) is 144 Å². The van der Waals surface area contributed by atoms with E-state index in [2.05, 4.69) is 144 Å². The summed E-state index contributed by atoms with van der Waals surface area (Å²) < 4.78 is 5.83. The molecule has 0 saturated carbocycles. The monoisotopic (exact) mass is 542 g/mol. The first kappa shape index (κ1) is 27.5. The van der Waals surface area contributed by atoms with Gasteiger partial charge in [0, 0.05) is 0 Å². The van der Waals surface area contributed by atoms with Gasteiger partial charge in [-0.3, -0.25) is 0 Å². The van der Waals surface area contributed by atoms with Crippen molar-refractivity contribution in [3.63, 3.8) is 0 Å². The molecule has 0 atom stereocenters. The Hall–Kier alpha value is -2.55. The zero-order chi connectivity index (χ0) is 21.0. The molecule has 0 aliphatic heterocycles. The molecule has 0 aromatic heterocycles. The summed E-state index contributed by atoms with van der Waals surface area (Å²) in [5.41, 5.74) is 0. The van der Waals surface area contributed by atoms with Gasteiger partial charge in [-0.2, -0.15) is 0 Å². The summed E-state index contributed by atoms with van der Waals surface area (Å²) in [4.78, 5) is 4.31. The van der Waals surface area contributed by atoms with Crippen molar-refractivity contribution in [1.29, 1.82) is 0 Å². The van der Waals surface area contributed by atoms with Gasteiger partial charge in [0.1, 0.15) is 0 Å². The molecule has 0 N–H and O–H groups in total. The second kappa shape index (κ2) is 15.3. The molecular formula is C30H34Ge2. The zero-order valence-electron chi connectivity index (χ0n) is 17.1. The summed E-state index contributed by atoms with van der Waals surface area (Å²) in [5.74, 6) is 0. The summed E-state index contributed by atoms with van der Waals surface area (Å²) in [5, 5.41) is 0. The fraction of sp³-hybridized carbons (Fsp3) is 0.0667. The fourth-order valence-electron chi connectivity index (χ4n) is 3.28. The van der Waals surface area contributed by atoms with Gasteiger partial charge in [-0.05, 0) is 0 Å². The predicted molar refractivity (Wildman–Crippen MR) is 150 cm³/mol. The molecule has 0 spiro atoms. The van der Waals surface area contributed by atoms with Crippen molar-refractivity contribution < 1.29 is 0 Å². The first-order chi connectivity index (χ1) is 14.8. The van der Waals surface area contributed by atoms with Crippen LogP contribution in [0.2, 0.25) is 0 Å². The molecule has 4 rings (SSSR count). The second-order valence-electron chi connectivity index (χ2n) is 6.70. The van der Waals surface area contributed by atoms with Gasteiger partial charge >= 0.3 is 191 Å². The number of hydrogen-bond acceptors (Lipinski definition) is 0. The molecule has 4 aromatic rings. The normalized spacial score (nSPS) is 9.56. The molecule has 0 nitrogen and oxygen atoms in total. The van der Waals surface area contributed by atoms with Crippen molar-refractivity contribution in [2.75, 3.05) is 0 Å². The Morgan fingerprint density at radius 2 is 0.562 bits per heavy atom. The quantitative estimate of drug-likeness (QED) is 0.291. The third-order valence-electron chi connectivity index (χ3n) is 4.75. The molecule has 0 aliphatic rings. The summed E-state index contributed by atoms with van der Waals surface area (Å²) in [6.07, 6.45) is 0. The minimum atomic E-state index is -1.46. The van der Waals surface area contributed by atoms with Gasteiger partial charge in [0.15, 0.2) is 0 Å². The molecule has 0 bridgehead atoms. The second-order valence-corrected chi connectivity index (χ2v) is 16.7. The molecule has 2 heteroatoms. The molecule has 0 aliphatic carbocycles. The van der Waals surface area contributed by atoms with E-state index in [1.54, 1.807) is 0 Å². The van der Waals surface area contributed by atoms with Crippen molar-refractivity contribution in [1.82, 2.24) is 0 Å². The maximum absolute atomic E-state index is 3.99. The first-order valence-electron chi connectivity index (χ1n) is 10.0. The van der Waals surface area contributed by atoms with Crippen molar-refractivity contribution >= 4 is 46.3 Å². The van der Waals surface area contributed by atoms with Crippen LogP contribution < -0.4 is 17.6 Å². The Morgan fingerprint density at radius 3 is 0.719 bits per heavy atom. The van der Waals surface area contributed by atoms with Gasteiger partial charge < -0.3 is 0 Å². The Balaban J connectivity index is 0.000000301. The van der Waals surface area contributed by atoms with Gasteiger partial charge in [0.2, 0.25) is 0 Å². The Labute approximate surface area is 204 Å². The van der Waals surface area contributed by atoms with Crippen LogP contribution in [0.4, 0.5) is 0 Å². The van der Waals surface area contributed by atoms with E-state index >= 15 is 0 Å². The van der Waals surface area contributed by atoms with E-state index < -0.39 is 28.7 Å². The number of rotatable bonds is 6. The predicted octanol–water partition coefficient (Wildman–Crippen LogP) is 5.31. The zero-order valence-corrected chi connectivity index (χ0v) is 21.3. The summed E-state index contributed by atoms with van der Waals surface area (Å²) in [6.45, 7) is 7.98. The summed E-state index contributed by atoms with van der Waals surface area (Å²) in [6, 6.07) is 42.8. The fourth-order valence-corrected chi connectivity index (χ4v) is 11.3. The van der Waals surface area contributed by atoms with Crippen LogP contribution in [0, 0.1) is 0 Å². The minimum absolute atomic E-state index is 0. The van der Waals surface area contributed by atoms with Crippen LogP contribution in [-0.2, 0) is 0 Å². The molecule has 32 heavy (non-hydrogen) atoms. The summed E-state index contributed by atoms with van der Waals surface area (Å²) >= 11 is -2.92. The number of benzene rings is 4. The molecule has 0 saturated heterocycles. The van der Waals surface area contributed by atoms with Gasteiger partial charge in [0.05, 0.1) is 0 Å². The van der Waals surface area contributed by atoms with Crippen molar-refractivity contribution in [2.45, 2.75) is 14.9 Å². The van der Waals surface area contributed by atoms with Crippen LogP contribution in [-0.4, -0.2) is 28.7 Å². The van der Waals surface area contributed by atoms with E-state index in [0.29, 0.717) is 0 Å². The Bertz CT molecular complexity index is 847. The average molecular weight is 540 g/mol. The third kappa shape index (κ3) is 7.85. The molecule has 0 fully saturated rings. The van der Waals surface area contributed by atoms with Gasteiger partial charge in [-0.25, -0.2) is 0 Å². The molecule has 162 valence electrons. The van der Waals surface area contributed by atoms with E-state index in [1.807, 2.05) is 0 Å². The topological polar surface area (TPSA) is 0 Å². The maximum atomic E-state index is 3.99. The molecule has 0 unspecified atom stereocenters. The van der Waals surface area contributed by atoms with E-state index in [-0.39, 0.29) is 14.9 Å². The third-order valence-corrected chi connectivity index (χ3v) is 14.5. The van der Waals surface area contributed by atoms with Gasteiger partial charge in [-0.1, -0.05) is 14.9 Å². The van der Waals surface area contributed by atoms with Crippen molar-refractivity contribution in [2.24, 2.45) is 0 Å². The first-order valence-corrected chi connectivity index (χ1v) is 16.7. The molecule has 0 heterocycles.